The van der Waals surface area contributed by atoms with Gasteiger partial charge in [0.05, 0.1) is 4.90 Å². The Hall–Kier alpha value is -1.66. The molecule has 6 heteroatoms. The van der Waals surface area contributed by atoms with E-state index in [1.165, 1.54) is 10.4 Å². The van der Waals surface area contributed by atoms with E-state index < -0.39 is 10.0 Å². The van der Waals surface area contributed by atoms with Crippen LogP contribution in [0.3, 0.4) is 0 Å². The summed E-state index contributed by atoms with van der Waals surface area (Å²) in [6, 6.07) is 8.49. The molecule has 1 aromatic rings. The van der Waals surface area contributed by atoms with Crippen molar-refractivity contribution in [2.75, 3.05) is 19.6 Å². The van der Waals surface area contributed by atoms with E-state index in [0.29, 0.717) is 30.4 Å². The maximum absolute atomic E-state index is 12.4. The van der Waals surface area contributed by atoms with Gasteiger partial charge in [0, 0.05) is 19.6 Å². The minimum atomic E-state index is -3.39. The molecule has 1 amide bonds. The van der Waals surface area contributed by atoms with Crippen LogP contribution in [0.1, 0.15) is 12.8 Å². The van der Waals surface area contributed by atoms with Gasteiger partial charge in [0.2, 0.25) is 15.9 Å². The summed E-state index contributed by atoms with van der Waals surface area (Å²) in [7, 11) is -3.39. The molecule has 0 aromatic heterocycles. The van der Waals surface area contributed by atoms with Gasteiger partial charge < -0.3 is 5.32 Å². The molecule has 0 radical (unpaired) electrons. The molecule has 1 aliphatic rings. The van der Waals surface area contributed by atoms with Crippen LogP contribution in [-0.4, -0.2) is 38.3 Å². The highest BCUT2D eigenvalue weighted by Gasteiger charge is 2.29. The summed E-state index contributed by atoms with van der Waals surface area (Å²) in [6.45, 7) is 4.96. The number of rotatable bonds is 5. The third-order valence-corrected chi connectivity index (χ3v) is 5.62. The smallest absolute Gasteiger partial charge is 0.243 e. The molecule has 1 aromatic carbocycles. The predicted octanol–water partition coefficient (Wildman–Crippen LogP) is 1.39. The first-order valence-electron chi connectivity index (χ1n) is 6.99. The molecule has 114 valence electrons. The molecular weight excluding hydrogens is 288 g/mol. The second-order valence-corrected chi connectivity index (χ2v) is 7.05. The van der Waals surface area contributed by atoms with Gasteiger partial charge in [0.15, 0.2) is 0 Å². The van der Waals surface area contributed by atoms with Crippen LogP contribution in [0.15, 0.2) is 47.9 Å². The van der Waals surface area contributed by atoms with Gasteiger partial charge in [-0.2, -0.15) is 4.31 Å². The summed E-state index contributed by atoms with van der Waals surface area (Å²) >= 11 is 0. The maximum Gasteiger partial charge on any atom is 0.243 e. The molecule has 0 unspecified atom stereocenters. The van der Waals surface area contributed by atoms with E-state index in [-0.39, 0.29) is 5.91 Å². The molecule has 1 heterocycles. The summed E-state index contributed by atoms with van der Waals surface area (Å²) in [4.78, 5) is 11.5. The van der Waals surface area contributed by atoms with Crippen molar-refractivity contribution in [3.05, 3.63) is 43.0 Å². The summed E-state index contributed by atoms with van der Waals surface area (Å²) in [6.07, 6.45) is 2.75. The summed E-state index contributed by atoms with van der Waals surface area (Å²) < 4.78 is 26.4. The zero-order valence-electron chi connectivity index (χ0n) is 11.9. The fourth-order valence-electron chi connectivity index (χ4n) is 2.41. The van der Waals surface area contributed by atoms with Crippen molar-refractivity contribution in [2.45, 2.75) is 17.7 Å². The van der Waals surface area contributed by atoms with E-state index in [1.54, 1.807) is 30.3 Å². The number of carbonyl (C=O) groups is 1. The number of benzene rings is 1. The zero-order valence-corrected chi connectivity index (χ0v) is 12.7. The van der Waals surface area contributed by atoms with Crippen molar-refractivity contribution in [2.24, 2.45) is 5.92 Å². The van der Waals surface area contributed by atoms with Crippen LogP contribution in [0.5, 0.6) is 0 Å². The van der Waals surface area contributed by atoms with Gasteiger partial charge >= 0.3 is 0 Å². The fraction of sp³-hybridized carbons (Fsp3) is 0.400. The van der Waals surface area contributed by atoms with Crippen LogP contribution in [0.2, 0.25) is 0 Å². The Morgan fingerprint density at radius 3 is 2.48 bits per heavy atom. The minimum Gasteiger partial charge on any atom is -0.352 e. The standard InChI is InChI=1S/C15H20N2O3S/c1-2-15(18)16-12-13-8-10-17(11-9-13)21(19,20)14-6-4-3-5-7-14/h2-7,13H,1,8-12H2,(H,16,18). The molecule has 1 saturated heterocycles. The van der Waals surface area contributed by atoms with E-state index in [2.05, 4.69) is 11.9 Å². The number of nitrogens with one attached hydrogen (secondary N) is 1. The number of amides is 1. The lowest BCUT2D eigenvalue weighted by Gasteiger charge is -2.31. The van der Waals surface area contributed by atoms with Crippen LogP contribution in [0.4, 0.5) is 0 Å². The van der Waals surface area contributed by atoms with Crippen LogP contribution >= 0.6 is 0 Å². The Morgan fingerprint density at radius 2 is 1.90 bits per heavy atom. The van der Waals surface area contributed by atoms with E-state index >= 15 is 0 Å². The van der Waals surface area contributed by atoms with Crippen molar-refractivity contribution in [1.29, 1.82) is 0 Å². The first kappa shape index (κ1) is 15.7. The topological polar surface area (TPSA) is 66.5 Å². The Labute approximate surface area is 125 Å². The molecule has 0 aliphatic carbocycles. The number of piperidine rings is 1. The number of nitrogens with zero attached hydrogens (tertiary/aromatic N) is 1. The van der Waals surface area contributed by atoms with Crippen LogP contribution in [-0.2, 0) is 14.8 Å². The van der Waals surface area contributed by atoms with Gasteiger partial charge in [0.1, 0.15) is 0 Å². The number of sulfonamides is 1. The molecule has 0 bridgehead atoms. The summed E-state index contributed by atoms with van der Waals surface area (Å²) in [5.41, 5.74) is 0. The Morgan fingerprint density at radius 1 is 1.29 bits per heavy atom. The second-order valence-electron chi connectivity index (χ2n) is 5.11. The molecule has 0 atom stereocenters. The first-order chi connectivity index (χ1) is 10.0. The molecular formula is C15H20N2O3S. The van der Waals surface area contributed by atoms with E-state index in [0.717, 1.165) is 12.8 Å². The van der Waals surface area contributed by atoms with Crippen LogP contribution in [0.25, 0.3) is 0 Å². The Bertz CT molecular complexity index is 591. The second kappa shape index (κ2) is 6.87. The normalized spacial score (nSPS) is 17.3. The number of carbonyl (C=O) groups excluding carboxylic acids is 1. The predicted molar refractivity (Wildman–Crippen MR) is 81.1 cm³/mol. The molecule has 1 aliphatic heterocycles. The lowest BCUT2D eigenvalue weighted by atomic mass is 9.98. The summed E-state index contributed by atoms with van der Waals surface area (Å²) in [5, 5.41) is 2.76. The molecule has 2 rings (SSSR count). The van der Waals surface area contributed by atoms with E-state index in [9.17, 15) is 13.2 Å². The average Bonchev–Trinajstić information content (AvgIpc) is 2.53. The molecule has 0 saturated carbocycles. The molecule has 21 heavy (non-hydrogen) atoms. The van der Waals surface area contributed by atoms with Gasteiger partial charge in [-0.15, -0.1) is 0 Å². The van der Waals surface area contributed by atoms with E-state index in [4.69, 9.17) is 0 Å². The number of hydrogen-bond donors (Lipinski definition) is 1. The number of hydrogen-bond acceptors (Lipinski definition) is 3. The average molecular weight is 308 g/mol. The van der Waals surface area contributed by atoms with Gasteiger partial charge in [0.25, 0.3) is 0 Å². The van der Waals surface area contributed by atoms with Gasteiger partial charge in [-0.1, -0.05) is 24.8 Å². The third kappa shape index (κ3) is 3.92. The first-order valence-corrected chi connectivity index (χ1v) is 8.43. The third-order valence-electron chi connectivity index (χ3n) is 3.70. The molecule has 1 fully saturated rings. The van der Waals surface area contributed by atoms with Crippen molar-refractivity contribution in [1.82, 2.24) is 9.62 Å². The Balaban J connectivity index is 1.92. The van der Waals surface area contributed by atoms with Gasteiger partial charge in [-0.25, -0.2) is 8.42 Å². The van der Waals surface area contributed by atoms with Gasteiger partial charge in [-0.05, 0) is 37.0 Å². The summed E-state index contributed by atoms with van der Waals surface area (Å²) in [5.74, 6) is 0.130. The molecule has 1 N–H and O–H groups in total. The van der Waals surface area contributed by atoms with Crippen molar-refractivity contribution >= 4 is 15.9 Å². The quantitative estimate of drug-likeness (QED) is 0.836. The maximum atomic E-state index is 12.4. The van der Waals surface area contributed by atoms with Crippen molar-refractivity contribution in [3.8, 4) is 0 Å². The highest BCUT2D eigenvalue weighted by atomic mass is 32.2. The van der Waals surface area contributed by atoms with E-state index in [1.807, 2.05) is 0 Å². The lowest BCUT2D eigenvalue weighted by molar-refractivity contribution is -0.116. The van der Waals surface area contributed by atoms with Crippen LogP contribution < -0.4 is 5.32 Å². The highest BCUT2D eigenvalue weighted by molar-refractivity contribution is 7.89. The van der Waals surface area contributed by atoms with Gasteiger partial charge in [-0.3, -0.25) is 4.79 Å². The largest absolute Gasteiger partial charge is 0.352 e. The molecule has 0 spiro atoms. The Kier molecular flexibility index (Phi) is 5.14. The van der Waals surface area contributed by atoms with Crippen molar-refractivity contribution < 1.29 is 13.2 Å². The fourth-order valence-corrected chi connectivity index (χ4v) is 3.90. The minimum absolute atomic E-state index is 0.186. The SMILES string of the molecule is C=CC(=O)NCC1CCN(S(=O)(=O)c2ccccc2)CC1. The van der Waals surface area contributed by atoms with Crippen molar-refractivity contribution in [3.63, 3.8) is 0 Å². The zero-order chi connectivity index (χ0) is 15.3. The highest BCUT2D eigenvalue weighted by Crippen LogP contribution is 2.23. The monoisotopic (exact) mass is 308 g/mol. The molecule has 5 nitrogen and oxygen atoms in total. The lowest BCUT2D eigenvalue weighted by Crippen LogP contribution is -2.41. The van der Waals surface area contributed by atoms with Crippen LogP contribution in [0, 0.1) is 5.92 Å².